The van der Waals surface area contributed by atoms with Gasteiger partial charge in [-0.25, -0.2) is 4.98 Å². The summed E-state index contributed by atoms with van der Waals surface area (Å²) in [5.74, 6) is 0.376. The van der Waals surface area contributed by atoms with Gasteiger partial charge >= 0.3 is 6.55 Å². The van der Waals surface area contributed by atoms with Crippen molar-refractivity contribution in [1.82, 2.24) is 9.55 Å². The molecular weight excluding hydrogens is 381 g/mol. The van der Waals surface area contributed by atoms with Crippen molar-refractivity contribution in [3.05, 3.63) is 53.9 Å². The van der Waals surface area contributed by atoms with Gasteiger partial charge in [-0.1, -0.05) is 18.2 Å². The molecule has 0 radical (unpaired) electrons. The van der Waals surface area contributed by atoms with Gasteiger partial charge in [0.25, 0.3) is 0 Å². The lowest BCUT2D eigenvalue weighted by Gasteiger charge is -2.31. The van der Waals surface area contributed by atoms with Crippen molar-refractivity contribution in [1.29, 1.82) is 0 Å². The second kappa shape index (κ2) is 8.10. The predicted octanol–water partition coefficient (Wildman–Crippen LogP) is 4.81. The van der Waals surface area contributed by atoms with E-state index in [1.807, 2.05) is 24.3 Å². The van der Waals surface area contributed by atoms with Crippen LogP contribution in [0.3, 0.4) is 0 Å². The number of nitrogens with two attached hydrogens (primary N) is 1. The van der Waals surface area contributed by atoms with E-state index in [0.717, 1.165) is 40.9 Å². The number of halogens is 4. The Morgan fingerprint density at radius 2 is 1.85 bits per heavy atom. The van der Waals surface area contributed by atoms with Gasteiger partial charge in [-0.05, 0) is 42.7 Å². The van der Waals surface area contributed by atoms with E-state index < -0.39 is 6.55 Å². The molecule has 0 amide bonds. The summed E-state index contributed by atoms with van der Waals surface area (Å²) in [4.78, 5) is 6.53. The van der Waals surface area contributed by atoms with E-state index in [2.05, 4.69) is 9.88 Å². The molecule has 0 spiro atoms. The Hall–Kier alpha value is -2.05. The normalized spacial score (nSPS) is 13.3. The summed E-state index contributed by atoms with van der Waals surface area (Å²) >= 11 is 0. The lowest BCUT2D eigenvalue weighted by Crippen LogP contribution is -2.30. The lowest BCUT2D eigenvalue weighted by atomic mass is 10.00. The van der Waals surface area contributed by atoms with Crippen LogP contribution in [0.4, 0.5) is 20.2 Å². The van der Waals surface area contributed by atoms with Gasteiger partial charge in [0.2, 0.25) is 0 Å². The highest BCUT2D eigenvalue weighted by molar-refractivity contribution is 5.85. The lowest BCUT2D eigenvalue weighted by molar-refractivity contribution is 0.0714. The number of nitrogens with zero attached hydrogens (tertiary/aromatic N) is 3. The number of anilines is 2. The van der Waals surface area contributed by atoms with Gasteiger partial charge in [0.1, 0.15) is 5.82 Å². The van der Waals surface area contributed by atoms with Crippen LogP contribution in [-0.2, 0) is 13.0 Å². The number of nitrogen functional groups attached to an aromatic ring is 1. The van der Waals surface area contributed by atoms with Gasteiger partial charge in [-0.2, -0.15) is 8.78 Å². The van der Waals surface area contributed by atoms with Crippen molar-refractivity contribution in [2.75, 3.05) is 17.2 Å². The van der Waals surface area contributed by atoms with E-state index in [9.17, 15) is 8.78 Å². The van der Waals surface area contributed by atoms with Crippen LogP contribution in [0.5, 0.6) is 0 Å². The first-order valence-corrected chi connectivity index (χ1v) is 8.01. The van der Waals surface area contributed by atoms with E-state index in [1.54, 1.807) is 18.2 Å². The summed E-state index contributed by atoms with van der Waals surface area (Å²) in [6, 6.07) is 12.8. The summed E-state index contributed by atoms with van der Waals surface area (Å²) < 4.78 is 28.2. The molecule has 4 nitrogen and oxygen atoms in total. The number of alkyl halides is 2. The minimum atomic E-state index is -2.61. The molecule has 140 valence electrons. The molecule has 0 unspecified atom stereocenters. The fourth-order valence-electron chi connectivity index (χ4n) is 3.49. The summed E-state index contributed by atoms with van der Waals surface area (Å²) in [7, 11) is 0. The summed E-state index contributed by atoms with van der Waals surface area (Å²) in [6.07, 6.45) is 1.87. The van der Waals surface area contributed by atoms with Crippen LogP contribution in [0, 0.1) is 0 Å². The maximum Gasteiger partial charge on any atom is 0.320 e. The third-order valence-corrected chi connectivity index (χ3v) is 4.58. The summed E-state index contributed by atoms with van der Waals surface area (Å²) in [5.41, 5.74) is 10.0. The van der Waals surface area contributed by atoms with Gasteiger partial charge in [-0.15, -0.1) is 24.8 Å². The highest BCUT2D eigenvalue weighted by atomic mass is 35.5. The monoisotopic (exact) mass is 400 g/mol. The van der Waals surface area contributed by atoms with Crippen molar-refractivity contribution in [2.45, 2.75) is 25.9 Å². The molecule has 0 aliphatic carbocycles. The molecule has 8 heteroatoms. The number of aromatic nitrogens is 2. The molecule has 1 aliphatic rings. The van der Waals surface area contributed by atoms with Crippen molar-refractivity contribution >= 4 is 47.2 Å². The zero-order valence-corrected chi connectivity index (χ0v) is 15.6. The Balaban J connectivity index is 0.00000121. The number of benzene rings is 2. The molecule has 2 aromatic carbocycles. The van der Waals surface area contributed by atoms with Crippen LogP contribution in [0.25, 0.3) is 11.0 Å². The van der Waals surface area contributed by atoms with Gasteiger partial charge in [-0.3, -0.25) is 4.57 Å². The van der Waals surface area contributed by atoms with E-state index in [-0.39, 0.29) is 24.8 Å². The maximum absolute atomic E-state index is 13.6. The van der Waals surface area contributed by atoms with E-state index in [0.29, 0.717) is 23.4 Å². The van der Waals surface area contributed by atoms with Gasteiger partial charge < -0.3 is 10.6 Å². The van der Waals surface area contributed by atoms with Crippen LogP contribution in [0.1, 0.15) is 24.4 Å². The minimum Gasteiger partial charge on any atom is -0.398 e. The van der Waals surface area contributed by atoms with Gasteiger partial charge in [0.15, 0.2) is 0 Å². The molecule has 2 heterocycles. The van der Waals surface area contributed by atoms with E-state index in [4.69, 9.17) is 5.73 Å². The number of fused-ring (bicyclic) bond motifs is 2. The summed E-state index contributed by atoms with van der Waals surface area (Å²) in [6.45, 7) is -1.46. The Morgan fingerprint density at radius 1 is 1.08 bits per heavy atom. The molecule has 3 aromatic rings. The van der Waals surface area contributed by atoms with Crippen LogP contribution < -0.4 is 10.6 Å². The molecule has 0 saturated heterocycles. The molecule has 0 atom stereocenters. The molecule has 0 bridgehead atoms. The van der Waals surface area contributed by atoms with E-state index >= 15 is 0 Å². The third-order valence-electron chi connectivity index (χ3n) is 4.58. The minimum absolute atomic E-state index is 0. The van der Waals surface area contributed by atoms with Crippen molar-refractivity contribution in [3.63, 3.8) is 0 Å². The number of hydrogen-bond acceptors (Lipinski definition) is 3. The topological polar surface area (TPSA) is 47.1 Å². The third kappa shape index (κ3) is 3.44. The standard InChI is InChI=1S/C18H18F2N4.2ClH/c19-18(20)24-16-8-2-1-7-14(16)22-17(24)11-23-10-4-5-12-13(21)6-3-9-15(12)23;;/h1-3,6-9,18H,4-5,10-11,21H2;2*1H. The van der Waals surface area contributed by atoms with Crippen LogP contribution in [-0.4, -0.2) is 16.1 Å². The van der Waals surface area contributed by atoms with Crippen LogP contribution >= 0.6 is 24.8 Å². The molecule has 1 aromatic heterocycles. The van der Waals surface area contributed by atoms with Gasteiger partial charge in [0.05, 0.1) is 17.6 Å². The fraction of sp³-hybridized carbons (Fsp3) is 0.278. The number of imidazole rings is 1. The Labute approximate surface area is 162 Å². The zero-order chi connectivity index (χ0) is 16.7. The Kier molecular flexibility index (Phi) is 6.31. The largest absolute Gasteiger partial charge is 0.398 e. The van der Waals surface area contributed by atoms with Gasteiger partial charge in [0, 0.05) is 17.9 Å². The second-order valence-electron chi connectivity index (χ2n) is 6.03. The molecule has 4 rings (SSSR count). The number of para-hydroxylation sites is 2. The first-order valence-electron chi connectivity index (χ1n) is 8.01. The molecule has 0 fully saturated rings. The van der Waals surface area contributed by atoms with E-state index in [1.165, 1.54) is 0 Å². The second-order valence-corrected chi connectivity index (χ2v) is 6.03. The van der Waals surface area contributed by atoms with Crippen molar-refractivity contribution in [3.8, 4) is 0 Å². The first kappa shape index (κ1) is 20.3. The average Bonchev–Trinajstić information content (AvgIpc) is 2.94. The number of hydrogen-bond donors (Lipinski definition) is 1. The average molecular weight is 401 g/mol. The quantitative estimate of drug-likeness (QED) is 0.641. The molecule has 2 N–H and O–H groups in total. The smallest absolute Gasteiger partial charge is 0.320 e. The van der Waals surface area contributed by atoms with Crippen molar-refractivity contribution < 1.29 is 8.78 Å². The predicted molar refractivity (Wildman–Crippen MR) is 106 cm³/mol. The fourth-order valence-corrected chi connectivity index (χ4v) is 3.49. The van der Waals surface area contributed by atoms with Crippen molar-refractivity contribution in [2.24, 2.45) is 0 Å². The zero-order valence-electron chi connectivity index (χ0n) is 13.9. The molecule has 1 aliphatic heterocycles. The Bertz CT molecular complexity index is 898. The molecule has 0 saturated carbocycles. The Morgan fingerprint density at radius 3 is 2.62 bits per heavy atom. The first-order chi connectivity index (χ1) is 11.6. The number of rotatable bonds is 3. The summed E-state index contributed by atoms with van der Waals surface area (Å²) in [5, 5.41) is 0. The maximum atomic E-state index is 13.6. The molecule has 26 heavy (non-hydrogen) atoms. The van der Waals surface area contributed by atoms with Crippen LogP contribution in [0.15, 0.2) is 42.5 Å². The highest BCUT2D eigenvalue weighted by Crippen LogP contribution is 2.33. The molecular formula is C18H20Cl2F2N4. The SMILES string of the molecule is Cl.Cl.Nc1cccc2c1CCCN2Cc1nc2ccccc2n1C(F)F. The highest BCUT2D eigenvalue weighted by Gasteiger charge is 2.23. The van der Waals surface area contributed by atoms with Crippen LogP contribution in [0.2, 0.25) is 0 Å².